The van der Waals surface area contributed by atoms with E-state index in [1.165, 1.54) is 18.2 Å². The minimum absolute atomic E-state index is 0.0868. The molecule has 96 valence electrons. The van der Waals surface area contributed by atoms with Crippen LogP contribution in [0.25, 0.3) is 0 Å². The summed E-state index contributed by atoms with van der Waals surface area (Å²) < 4.78 is 12.9. The Morgan fingerprint density at radius 1 is 1.39 bits per heavy atom. The van der Waals surface area contributed by atoms with Crippen LogP contribution in [0, 0.1) is 11.2 Å². The standard InChI is InChI=1S/C12H13FN2O3/c13-8-2-1-3-9(6-8)15-11(18)14-7-12(4-5-12)10(16)17/h1-3,6H,4-5,7H2,(H,16,17)(H2,14,15,18). The van der Waals surface area contributed by atoms with Gasteiger partial charge in [-0.3, -0.25) is 4.79 Å². The molecule has 1 aromatic carbocycles. The molecule has 3 N–H and O–H groups in total. The molecule has 0 atom stereocenters. The first-order valence-electron chi connectivity index (χ1n) is 5.56. The highest BCUT2D eigenvalue weighted by Crippen LogP contribution is 2.45. The van der Waals surface area contributed by atoms with Crippen molar-refractivity contribution in [3.05, 3.63) is 30.1 Å². The normalized spacial score (nSPS) is 15.8. The van der Waals surface area contributed by atoms with Gasteiger partial charge in [0.1, 0.15) is 5.82 Å². The minimum atomic E-state index is -0.895. The predicted molar refractivity (Wildman–Crippen MR) is 62.7 cm³/mol. The number of halogens is 1. The van der Waals surface area contributed by atoms with Gasteiger partial charge in [0.25, 0.3) is 0 Å². The van der Waals surface area contributed by atoms with Gasteiger partial charge >= 0.3 is 12.0 Å². The van der Waals surface area contributed by atoms with E-state index in [-0.39, 0.29) is 6.54 Å². The van der Waals surface area contributed by atoms with Crippen molar-refractivity contribution in [1.29, 1.82) is 0 Å². The number of anilines is 1. The van der Waals surface area contributed by atoms with E-state index < -0.39 is 23.2 Å². The summed E-state index contributed by atoms with van der Waals surface area (Å²) in [5, 5.41) is 13.8. The fourth-order valence-electron chi connectivity index (χ4n) is 1.61. The highest BCUT2D eigenvalue weighted by atomic mass is 19.1. The van der Waals surface area contributed by atoms with Crippen molar-refractivity contribution in [2.75, 3.05) is 11.9 Å². The predicted octanol–water partition coefficient (Wildman–Crippen LogP) is 1.81. The van der Waals surface area contributed by atoms with Gasteiger partial charge in [-0.15, -0.1) is 0 Å². The number of carboxylic acid groups (broad SMARTS) is 1. The zero-order valence-electron chi connectivity index (χ0n) is 9.57. The van der Waals surface area contributed by atoms with E-state index in [2.05, 4.69) is 10.6 Å². The second kappa shape index (κ2) is 4.64. The Labute approximate surface area is 103 Å². The van der Waals surface area contributed by atoms with Gasteiger partial charge in [0.15, 0.2) is 0 Å². The smallest absolute Gasteiger partial charge is 0.319 e. The monoisotopic (exact) mass is 252 g/mol. The molecule has 1 saturated carbocycles. The van der Waals surface area contributed by atoms with Crippen molar-refractivity contribution >= 4 is 17.7 Å². The number of amides is 2. The van der Waals surface area contributed by atoms with Crippen LogP contribution >= 0.6 is 0 Å². The molecule has 0 aliphatic heterocycles. The van der Waals surface area contributed by atoms with Gasteiger partial charge in [0, 0.05) is 12.2 Å². The maximum atomic E-state index is 12.9. The van der Waals surface area contributed by atoms with Gasteiger partial charge in [-0.25, -0.2) is 9.18 Å². The molecule has 0 saturated heterocycles. The molecular weight excluding hydrogens is 239 g/mol. The number of urea groups is 1. The quantitative estimate of drug-likeness (QED) is 0.764. The lowest BCUT2D eigenvalue weighted by atomic mass is 10.1. The maximum Gasteiger partial charge on any atom is 0.319 e. The van der Waals surface area contributed by atoms with Crippen molar-refractivity contribution in [3.63, 3.8) is 0 Å². The fraction of sp³-hybridized carbons (Fsp3) is 0.333. The van der Waals surface area contributed by atoms with E-state index in [0.717, 1.165) is 0 Å². The lowest BCUT2D eigenvalue weighted by Crippen LogP contribution is -2.36. The highest BCUT2D eigenvalue weighted by Gasteiger charge is 2.50. The molecule has 1 fully saturated rings. The second-order valence-electron chi connectivity index (χ2n) is 4.40. The molecule has 0 bridgehead atoms. The van der Waals surface area contributed by atoms with Gasteiger partial charge in [0.05, 0.1) is 5.41 Å². The molecule has 6 heteroatoms. The van der Waals surface area contributed by atoms with Crippen LogP contribution in [-0.4, -0.2) is 23.7 Å². The average molecular weight is 252 g/mol. The zero-order valence-corrected chi connectivity index (χ0v) is 9.57. The number of carbonyl (C=O) groups is 2. The molecule has 18 heavy (non-hydrogen) atoms. The van der Waals surface area contributed by atoms with E-state index in [9.17, 15) is 14.0 Å². The van der Waals surface area contributed by atoms with Crippen LogP contribution in [0.2, 0.25) is 0 Å². The number of carboxylic acids is 1. The van der Waals surface area contributed by atoms with Crippen molar-refractivity contribution in [2.45, 2.75) is 12.8 Å². The molecule has 0 spiro atoms. The van der Waals surface area contributed by atoms with Gasteiger partial charge in [0.2, 0.25) is 0 Å². The molecule has 0 unspecified atom stereocenters. The topological polar surface area (TPSA) is 78.4 Å². The maximum absolute atomic E-state index is 12.9. The SMILES string of the molecule is O=C(NCC1(C(=O)O)CC1)Nc1cccc(F)c1. The Bertz CT molecular complexity index is 486. The molecular formula is C12H13FN2O3. The Morgan fingerprint density at radius 3 is 2.67 bits per heavy atom. The average Bonchev–Trinajstić information content (AvgIpc) is 3.07. The third-order valence-electron chi connectivity index (χ3n) is 2.98. The highest BCUT2D eigenvalue weighted by molar-refractivity contribution is 5.90. The molecule has 1 aromatic rings. The van der Waals surface area contributed by atoms with E-state index in [1.807, 2.05) is 0 Å². The van der Waals surface area contributed by atoms with Crippen LogP contribution in [0.4, 0.5) is 14.9 Å². The number of nitrogens with one attached hydrogen (secondary N) is 2. The second-order valence-corrected chi connectivity index (χ2v) is 4.40. The van der Waals surface area contributed by atoms with Crippen molar-refractivity contribution in [1.82, 2.24) is 5.32 Å². The zero-order chi connectivity index (χ0) is 13.2. The largest absolute Gasteiger partial charge is 0.481 e. The lowest BCUT2D eigenvalue weighted by molar-refractivity contribution is -0.143. The van der Waals surface area contributed by atoms with Crippen LogP contribution in [0.5, 0.6) is 0 Å². The Kier molecular flexibility index (Phi) is 3.18. The summed E-state index contributed by atoms with van der Waals surface area (Å²) in [6.45, 7) is 0.0868. The number of benzene rings is 1. The van der Waals surface area contributed by atoms with E-state index >= 15 is 0 Å². The Balaban J connectivity index is 1.84. The summed E-state index contributed by atoms with van der Waals surface area (Å²) in [5.41, 5.74) is -0.480. The van der Waals surface area contributed by atoms with Crippen LogP contribution < -0.4 is 10.6 Å². The number of carbonyl (C=O) groups excluding carboxylic acids is 1. The number of rotatable bonds is 4. The lowest BCUT2D eigenvalue weighted by Gasteiger charge is -2.12. The fourth-order valence-corrected chi connectivity index (χ4v) is 1.61. The molecule has 0 radical (unpaired) electrons. The van der Waals surface area contributed by atoms with E-state index in [1.54, 1.807) is 6.07 Å². The van der Waals surface area contributed by atoms with Crippen molar-refractivity contribution in [2.24, 2.45) is 5.41 Å². The van der Waals surface area contributed by atoms with Crippen molar-refractivity contribution in [3.8, 4) is 0 Å². The van der Waals surface area contributed by atoms with E-state index in [4.69, 9.17) is 5.11 Å². The van der Waals surface area contributed by atoms with Crippen LogP contribution in [-0.2, 0) is 4.79 Å². The van der Waals surface area contributed by atoms with Gasteiger partial charge < -0.3 is 15.7 Å². The summed E-state index contributed by atoms with van der Waals surface area (Å²) in [5.74, 6) is -1.34. The van der Waals surface area contributed by atoms with Crippen LogP contribution in [0.3, 0.4) is 0 Å². The van der Waals surface area contributed by atoms with Crippen molar-refractivity contribution < 1.29 is 19.1 Å². The molecule has 2 amide bonds. The Hall–Kier alpha value is -2.11. The molecule has 0 heterocycles. The summed E-state index contributed by atoms with van der Waals surface area (Å²) in [7, 11) is 0. The summed E-state index contributed by atoms with van der Waals surface area (Å²) in [6, 6.07) is 4.95. The van der Waals surface area contributed by atoms with Gasteiger partial charge in [-0.05, 0) is 31.0 Å². The summed E-state index contributed by atoms with van der Waals surface area (Å²) in [4.78, 5) is 22.4. The number of aliphatic carboxylic acids is 1. The van der Waals surface area contributed by atoms with Crippen LogP contribution in [0.1, 0.15) is 12.8 Å². The number of hydrogen-bond donors (Lipinski definition) is 3. The Morgan fingerprint density at radius 2 is 2.11 bits per heavy atom. The van der Waals surface area contributed by atoms with E-state index in [0.29, 0.717) is 18.5 Å². The van der Waals surface area contributed by atoms with Crippen LogP contribution in [0.15, 0.2) is 24.3 Å². The third kappa shape index (κ3) is 2.77. The van der Waals surface area contributed by atoms with Gasteiger partial charge in [-0.2, -0.15) is 0 Å². The third-order valence-corrected chi connectivity index (χ3v) is 2.98. The summed E-state index contributed by atoms with van der Waals surface area (Å²) >= 11 is 0. The molecule has 5 nitrogen and oxygen atoms in total. The number of hydrogen-bond acceptors (Lipinski definition) is 2. The first kappa shape index (κ1) is 12.3. The minimum Gasteiger partial charge on any atom is -0.481 e. The molecule has 1 aliphatic rings. The summed E-state index contributed by atoms with van der Waals surface area (Å²) in [6.07, 6.45) is 1.14. The molecule has 0 aromatic heterocycles. The molecule has 2 rings (SSSR count). The first-order chi connectivity index (χ1) is 8.52. The first-order valence-corrected chi connectivity index (χ1v) is 5.56. The molecule has 1 aliphatic carbocycles. The van der Waals surface area contributed by atoms with Gasteiger partial charge in [-0.1, -0.05) is 6.07 Å².